The standard InChI is InChI=1S/C54H44N3O.Pt/c1-35-23-25-37(26-24-35)40-27-28-55-48(33-40)42-30-41(31-43(32-42)54(3,4)5)44-20-14-21-49-52(44)56-53(45-19-12-13-22-51(45)58)57(49)50-34-46(38-15-8-6-9-16-38)36(2)29-47(50)39-17-10-7-11-18-39;/h6-29,31-34,58H,1-5H3;/q-1;/i1D3,2D3,23D,24D,25D,26D;. The van der Waals surface area contributed by atoms with Gasteiger partial charge in [0.25, 0.3) is 0 Å². The van der Waals surface area contributed by atoms with Crippen LogP contribution in [0.2, 0.25) is 0 Å². The number of pyridine rings is 1. The summed E-state index contributed by atoms with van der Waals surface area (Å²) in [4.78, 5) is 10.0. The molecule has 0 bridgehead atoms. The maximum Gasteiger partial charge on any atom is 0.148 e. The zero-order chi connectivity index (χ0) is 48.4. The van der Waals surface area contributed by atoms with Gasteiger partial charge in [-0.1, -0.05) is 153 Å². The van der Waals surface area contributed by atoms with Crippen LogP contribution in [0.3, 0.4) is 0 Å². The molecular formula is C54H44N3OPt-. The van der Waals surface area contributed by atoms with Crippen LogP contribution in [0.5, 0.6) is 5.75 Å². The number of rotatable bonds is 7. The van der Waals surface area contributed by atoms with Gasteiger partial charge in [-0.15, -0.1) is 29.3 Å². The number of para-hydroxylation sites is 2. The Kier molecular flexibility index (Phi) is 7.91. The second-order valence-corrected chi connectivity index (χ2v) is 15.2. The first-order valence-electron chi connectivity index (χ1n) is 24.0. The van der Waals surface area contributed by atoms with Crippen molar-refractivity contribution >= 4 is 11.0 Å². The molecule has 0 saturated carbocycles. The van der Waals surface area contributed by atoms with E-state index in [4.69, 9.17) is 23.7 Å². The molecule has 292 valence electrons. The Hall–Kier alpha value is -6.35. The predicted octanol–water partition coefficient (Wildman–Crippen LogP) is 13.8. The van der Waals surface area contributed by atoms with E-state index in [2.05, 4.69) is 26.8 Å². The van der Waals surface area contributed by atoms with E-state index >= 15 is 0 Å². The second kappa shape index (κ2) is 16.1. The Balaban J connectivity index is 0.00000642. The molecule has 0 spiro atoms. The van der Waals surface area contributed by atoms with Gasteiger partial charge >= 0.3 is 0 Å². The Bertz CT molecular complexity index is 3390. The smallest absolute Gasteiger partial charge is 0.148 e. The Morgan fingerprint density at radius 1 is 0.627 bits per heavy atom. The van der Waals surface area contributed by atoms with E-state index in [9.17, 15) is 5.11 Å². The summed E-state index contributed by atoms with van der Waals surface area (Å²) in [5.41, 5.74) is 7.70. The predicted molar refractivity (Wildman–Crippen MR) is 240 cm³/mol. The van der Waals surface area contributed by atoms with Crippen molar-refractivity contribution in [2.45, 2.75) is 39.9 Å². The van der Waals surface area contributed by atoms with E-state index in [-0.39, 0.29) is 43.4 Å². The minimum absolute atomic E-state index is 0. The van der Waals surface area contributed by atoms with Crippen LogP contribution in [-0.4, -0.2) is 19.6 Å². The van der Waals surface area contributed by atoms with Crippen LogP contribution in [0.1, 0.15) is 51.2 Å². The third kappa shape index (κ3) is 7.69. The van der Waals surface area contributed by atoms with Crippen molar-refractivity contribution < 1.29 is 39.9 Å². The van der Waals surface area contributed by atoms with Crippen LogP contribution in [0.15, 0.2) is 170 Å². The summed E-state index contributed by atoms with van der Waals surface area (Å²) in [6.45, 7) is 0.937. The maximum atomic E-state index is 11.5. The fraction of sp³-hybridized carbons (Fsp3) is 0.111. The molecule has 1 N–H and O–H groups in total. The quantitative estimate of drug-likeness (QED) is 0.162. The van der Waals surface area contributed by atoms with Crippen LogP contribution in [0.4, 0.5) is 0 Å². The van der Waals surface area contributed by atoms with Gasteiger partial charge in [-0.25, -0.2) is 4.98 Å². The van der Waals surface area contributed by atoms with Gasteiger partial charge < -0.3 is 5.11 Å². The number of aromatic nitrogens is 3. The molecule has 2 aromatic heterocycles. The van der Waals surface area contributed by atoms with Crippen molar-refractivity contribution in [1.82, 2.24) is 14.5 Å². The molecule has 0 amide bonds. The zero-order valence-corrected chi connectivity index (χ0v) is 34.7. The van der Waals surface area contributed by atoms with Crippen LogP contribution >= 0.6 is 0 Å². The zero-order valence-electron chi connectivity index (χ0n) is 42.5. The first kappa shape index (κ1) is 29.0. The average Bonchev–Trinajstić information content (AvgIpc) is 3.70. The molecule has 0 unspecified atom stereocenters. The number of nitrogens with zero attached hydrogens (tertiary/aromatic N) is 3. The van der Waals surface area contributed by atoms with E-state index in [1.54, 1.807) is 36.4 Å². The van der Waals surface area contributed by atoms with Crippen molar-refractivity contribution in [3.8, 4) is 78.6 Å². The Morgan fingerprint density at radius 2 is 1.31 bits per heavy atom. The van der Waals surface area contributed by atoms with Crippen molar-refractivity contribution in [2.24, 2.45) is 0 Å². The minimum atomic E-state index is -2.85. The summed E-state index contributed by atoms with van der Waals surface area (Å²) in [5.74, 6) is 0.410. The Morgan fingerprint density at radius 3 is 2.00 bits per heavy atom. The molecule has 5 heteroatoms. The Labute approximate surface area is 375 Å². The third-order valence-electron chi connectivity index (χ3n) is 10.4. The number of imidazole rings is 1. The average molecular weight is 956 g/mol. The van der Waals surface area contributed by atoms with Gasteiger partial charge in [-0.2, -0.15) is 0 Å². The number of aromatic hydroxyl groups is 1. The van der Waals surface area contributed by atoms with Gasteiger partial charge in [0.1, 0.15) is 11.6 Å². The molecule has 59 heavy (non-hydrogen) atoms. The number of aryl methyl sites for hydroxylation is 1. The summed E-state index contributed by atoms with van der Waals surface area (Å²) >= 11 is 0. The molecule has 0 aliphatic carbocycles. The number of phenolic OH excluding ortho intramolecular Hbond substituents is 1. The van der Waals surface area contributed by atoms with E-state index in [1.807, 2.05) is 108 Å². The molecule has 0 aliphatic rings. The van der Waals surface area contributed by atoms with Crippen molar-refractivity contribution in [1.29, 1.82) is 0 Å². The number of benzene rings is 7. The molecule has 0 atom stereocenters. The van der Waals surface area contributed by atoms with Crippen molar-refractivity contribution in [3.05, 3.63) is 193 Å². The van der Waals surface area contributed by atoms with E-state index in [0.29, 0.717) is 67.2 Å². The summed E-state index contributed by atoms with van der Waals surface area (Å²) in [6, 6.07) is 44.0. The number of fused-ring (bicyclic) bond motifs is 1. The van der Waals surface area contributed by atoms with Gasteiger partial charge in [0, 0.05) is 46.7 Å². The summed E-state index contributed by atoms with van der Waals surface area (Å²) in [5, 5.41) is 11.5. The largest absolute Gasteiger partial charge is 0.507 e. The molecule has 4 nitrogen and oxygen atoms in total. The second-order valence-electron chi connectivity index (χ2n) is 15.2. The SMILES string of the molecule is [2H]c1c([2H])c(C([2H])([2H])[2H])c([2H])c([2H])c1-c1ccnc(-c2[c-]c(-c3cccc4c3nc(-c3ccccc3O)n4-c3cc(-c4ccccc4)c(C([2H])([2H])[2H])cc3-c3ccccc3)cc(C(C)(C)C)c2)c1.[Pt]. The van der Waals surface area contributed by atoms with E-state index < -0.39 is 43.4 Å². The minimum Gasteiger partial charge on any atom is -0.507 e. The number of phenols is 1. The first-order valence-corrected chi connectivity index (χ1v) is 19.0. The monoisotopic (exact) mass is 955 g/mol. The number of hydrogen-bond donors (Lipinski definition) is 1. The van der Waals surface area contributed by atoms with Gasteiger partial charge in [-0.05, 0) is 88.9 Å². The molecule has 0 fully saturated rings. The fourth-order valence-corrected chi connectivity index (χ4v) is 7.36. The number of hydrogen-bond acceptors (Lipinski definition) is 3. The summed E-state index contributed by atoms with van der Waals surface area (Å²) in [6.07, 6.45) is 1.51. The van der Waals surface area contributed by atoms with Crippen LogP contribution in [0, 0.1) is 19.8 Å². The topological polar surface area (TPSA) is 50.9 Å². The van der Waals surface area contributed by atoms with E-state index in [1.165, 1.54) is 6.20 Å². The first-order chi connectivity index (χ1) is 32.2. The molecule has 0 radical (unpaired) electrons. The third-order valence-corrected chi connectivity index (χ3v) is 10.4. The van der Waals surface area contributed by atoms with E-state index in [0.717, 1.165) is 16.7 Å². The van der Waals surface area contributed by atoms with Crippen molar-refractivity contribution in [2.75, 3.05) is 0 Å². The van der Waals surface area contributed by atoms with Crippen LogP contribution < -0.4 is 0 Å². The molecule has 7 aromatic carbocycles. The molecule has 9 aromatic rings. The molecule has 0 saturated heterocycles. The molecule has 2 heterocycles. The molecular weight excluding hydrogens is 902 g/mol. The van der Waals surface area contributed by atoms with Crippen molar-refractivity contribution in [3.63, 3.8) is 0 Å². The van der Waals surface area contributed by atoms with Gasteiger partial charge in [0.15, 0.2) is 0 Å². The molecule has 9 rings (SSSR count). The summed E-state index contributed by atoms with van der Waals surface area (Å²) in [7, 11) is 0. The van der Waals surface area contributed by atoms with Crippen LogP contribution in [0.25, 0.3) is 83.9 Å². The van der Waals surface area contributed by atoms with Gasteiger partial charge in [0.2, 0.25) is 0 Å². The fourth-order valence-electron chi connectivity index (χ4n) is 7.36. The normalized spacial score (nSPS) is 14.3. The van der Waals surface area contributed by atoms with Gasteiger partial charge in [-0.3, -0.25) is 9.55 Å². The summed E-state index contributed by atoms with van der Waals surface area (Å²) < 4.78 is 86.4. The maximum absolute atomic E-state index is 11.5. The van der Waals surface area contributed by atoms with Gasteiger partial charge in [0.05, 0.1) is 27.8 Å². The van der Waals surface area contributed by atoms with Crippen LogP contribution in [-0.2, 0) is 26.5 Å². The molecule has 0 aliphatic heterocycles.